The Morgan fingerprint density at radius 3 is 2.79 bits per heavy atom. The lowest BCUT2D eigenvalue weighted by atomic mass is 9.99. The number of rotatable bonds is 5. The molecule has 1 N–H and O–H groups in total. The minimum Gasteiger partial charge on any atom is -0.384 e. The number of methoxy groups -OCH3 is 1. The van der Waals surface area contributed by atoms with E-state index >= 15 is 0 Å². The van der Waals surface area contributed by atoms with Crippen molar-refractivity contribution in [3.63, 3.8) is 0 Å². The van der Waals surface area contributed by atoms with Crippen LogP contribution in [0.4, 0.5) is 0 Å². The predicted molar refractivity (Wildman–Crippen MR) is 102 cm³/mol. The molecule has 0 bridgehead atoms. The second-order valence-corrected chi connectivity index (χ2v) is 8.00. The molecule has 2 amide bonds. The SMILES string of the molecule is COCCC(=O)N1CCCCC1c1nc2c(c(=O)[nH]1)CN(C(=O)C1CC1)CC2. The average Bonchev–Trinajstić information content (AvgIpc) is 3.56. The summed E-state index contributed by atoms with van der Waals surface area (Å²) in [4.78, 5) is 49.0. The third kappa shape index (κ3) is 3.83. The number of ether oxygens (including phenoxy) is 1. The summed E-state index contributed by atoms with van der Waals surface area (Å²) < 4.78 is 5.04. The first-order chi connectivity index (χ1) is 13.6. The molecule has 0 spiro atoms. The van der Waals surface area contributed by atoms with Gasteiger partial charge in [0, 0.05) is 32.5 Å². The van der Waals surface area contributed by atoms with Crippen molar-refractivity contribution in [3.05, 3.63) is 27.4 Å². The number of hydrogen-bond acceptors (Lipinski definition) is 5. The van der Waals surface area contributed by atoms with Gasteiger partial charge in [-0.2, -0.15) is 0 Å². The van der Waals surface area contributed by atoms with Crippen molar-refractivity contribution in [3.8, 4) is 0 Å². The molecule has 8 heteroatoms. The monoisotopic (exact) mass is 388 g/mol. The number of nitrogens with zero attached hydrogens (tertiary/aromatic N) is 3. The highest BCUT2D eigenvalue weighted by atomic mass is 16.5. The van der Waals surface area contributed by atoms with E-state index in [4.69, 9.17) is 9.72 Å². The van der Waals surface area contributed by atoms with Crippen molar-refractivity contribution in [2.45, 2.75) is 57.5 Å². The van der Waals surface area contributed by atoms with Crippen molar-refractivity contribution in [1.82, 2.24) is 19.8 Å². The summed E-state index contributed by atoms with van der Waals surface area (Å²) in [6, 6.07) is -0.192. The highest BCUT2D eigenvalue weighted by molar-refractivity contribution is 5.81. The van der Waals surface area contributed by atoms with E-state index in [0.717, 1.165) is 37.8 Å². The first kappa shape index (κ1) is 19.1. The van der Waals surface area contributed by atoms with Gasteiger partial charge in [-0.15, -0.1) is 0 Å². The van der Waals surface area contributed by atoms with Crippen LogP contribution in [0.1, 0.15) is 61.6 Å². The van der Waals surface area contributed by atoms with Gasteiger partial charge < -0.3 is 19.5 Å². The maximum atomic E-state index is 12.8. The lowest BCUT2D eigenvalue weighted by molar-refractivity contribution is -0.136. The van der Waals surface area contributed by atoms with Crippen molar-refractivity contribution in [2.75, 3.05) is 26.8 Å². The first-order valence-corrected chi connectivity index (χ1v) is 10.3. The smallest absolute Gasteiger partial charge is 0.256 e. The van der Waals surface area contributed by atoms with Crippen molar-refractivity contribution in [2.24, 2.45) is 5.92 Å². The standard InChI is InChI=1S/C20H28N4O4/c1-28-11-8-17(25)24-9-3-2-4-16(24)18-21-15-7-10-23(20(27)13-5-6-13)12-14(15)19(26)22-18/h13,16H,2-12H2,1H3,(H,21,22,26). The number of likely N-dealkylation sites (tertiary alicyclic amines) is 1. The van der Waals surface area contributed by atoms with Gasteiger partial charge in [-0.25, -0.2) is 4.98 Å². The first-order valence-electron chi connectivity index (χ1n) is 10.3. The molecule has 8 nitrogen and oxygen atoms in total. The predicted octanol–water partition coefficient (Wildman–Crippen LogP) is 1.15. The molecule has 1 saturated heterocycles. The topological polar surface area (TPSA) is 95.6 Å². The lowest BCUT2D eigenvalue weighted by Crippen LogP contribution is -2.43. The van der Waals surface area contributed by atoms with Crippen molar-refractivity contribution < 1.29 is 14.3 Å². The maximum Gasteiger partial charge on any atom is 0.256 e. The number of aromatic amines is 1. The summed E-state index contributed by atoms with van der Waals surface area (Å²) in [7, 11) is 1.58. The summed E-state index contributed by atoms with van der Waals surface area (Å²) in [5.74, 6) is 0.933. The van der Waals surface area contributed by atoms with Gasteiger partial charge in [-0.3, -0.25) is 14.4 Å². The molecule has 1 saturated carbocycles. The average molecular weight is 388 g/mol. The fourth-order valence-corrected chi connectivity index (χ4v) is 4.23. The summed E-state index contributed by atoms with van der Waals surface area (Å²) in [6.45, 7) is 2.02. The highest BCUT2D eigenvalue weighted by Gasteiger charge is 2.36. The van der Waals surface area contributed by atoms with Gasteiger partial charge in [-0.05, 0) is 32.1 Å². The zero-order valence-electron chi connectivity index (χ0n) is 16.4. The zero-order chi connectivity index (χ0) is 19.7. The van der Waals surface area contributed by atoms with E-state index in [1.807, 2.05) is 4.90 Å². The molecule has 4 rings (SSSR count). The van der Waals surface area contributed by atoms with Gasteiger partial charge in [-0.1, -0.05) is 0 Å². The van der Waals surface area contributed by atoms with Gasteiger partial charge >= 0.3 is 0 Å². The van der Waals surface area contributed by atoms with E-state index in [1.54, 1.807) is 12.0 Å². The fourth-order valence-electron chi connectivity index (χ4n) is 4.23. The number of carbonyl (C=O) groups excluding carboxylic acids is 2. The fraction of sp³-hybridized carbons (Fsp3) is 0.700. The number of piperidine rings is 1. The Morgan fingerprint density at radius 1 is 1.21 bits per heavy atom. The van der Waals surface area contributed by atoms with Gasteiger partial charge in [0.2, 0.25) is 11.8 Å². The van der Waals surface area contributed by atoms with Crippen LogP contribution in [0.3, 0.4) is 0 Å². The highest BCUT2D eigenvalue weighted by Crippen LogP contribution is 2.33. The molecule has 0 aromatic carbocycles. The maximum absolute atomic E-state index is 12.8. The molecule has 2 fully saturated rings. The molecule has 1 aromatic rings. The van der Waals surface area contributed by atoms with Crippen LogP contribution in [0.5, 0.6) is 0 Å². The van der Waals surface area contributed by atoms with Crippen LogP contribution >= 0.6 is 0 Å². The molecular weight excluding hydrogens is 360 g/mol. The Bertz CT molecular complexity index is 817. The third-order valence-electron chi connectivity index (χ3n) is 5.98. The molecule has 28 heavy (non-hydrogen) atoms. The number of nitrogens with one attached hydrogen (secondary N) is 1. The summed E-state index contributed by atoms with van der Waals surface area (Å²) in [5.41, 5.74) is 1.19. The number of fused-ring (bicyclic) bond motifs is 1. The van der Waals surface area contributed by atoms with E-state index < -0.39 is 0 Å². The molecule has 1 aromatic heterocycles. The second-order valence-electron chi connectivity index (χ2n) is 8.00. The van der Waals surface area contributed by atoms with Gasteiger partial charge in [0.1, 0.15) is 5.82 Å². The quantitative estimate of drug-likeness (QED) is 0.817. The van der Waals surface area contributed by atoms with Crippen LogP contribution in [-0.4, -0.2) is 58.4 Å². The van der Waals surface area contributed by atoms with Crippen molar-refractivity contribution in [1.29, 1.82) is 0 Å². The van der Waals surface area contributed by atoms with Crippen molar-refractivity contribution >= 4 is 11.8 Å². The molecule has 0 radical (unpaired) electrons. The summed E-state index contributed by atoms with van der Waals surface area (Å²) >= 11 is 0. The lowest BCUT2D eigenvalue weighted by Gasteiger charge is -2.36. The van der Waals surface area contributed by atoms with E-state index in [1.165, 1.54) is 0 Å². The largest absolute Gasteiger partial charge is 0.384 e. The second kappa shape index (κ2) is 8.03. The van der Waals surface area contributed by atoms with E-state index in [0.29, 0.717) is 50.5 Å². The molecular formula is C20H28N4O4. The molecule has 1 atom stereocenters. The number of H-pyrrole nitrogens is 1. The van der Waals surface area contributed by atoms with Crippen LogP contribution in [0, 0.1) is 5.92 Å². The summed E-state index contributed by atoms with van der Waals surface area (Å²) in [5, 5.41) is 0. The zero-order valence-corrected chi connectivity index (χ0v) is 16.4. The Morgan fingerprint density at radius 2 is 2.04 bits per heavy atom. The van der Waals surface area contributed by atoms with Crippen LogP contribution in [0.15, 0.2) is 4.79 Å². The van der Waals surface area contributed by atoms with Crippen LogP contribution in [0.25, 0.3) is 0 Å². The third-order valence-corrected chi connectivity index (χ3v) is 5.98. The van der Waals surface area contributed by atoms with E-state index in [9.17, 15) is 14.4 Å². The van der Waals surface area contributed by atoms with Crippen LogP contribution in [0.2, 0.25) is 0 Å². The Hall–Kier alpha value is -2.22. The molecule has 152 valence electrons. The molecule has 3 aliphatic rings. The van der Waals surface area contributed by atoms with E-state index in [2.05, 4.69) is 4.98 Å². The summed E-state index contributed by atoms with van der Waals surface area (Å²) in [6.07, 6.45) is 5.61. The number of hydrogen-bond donors (Lipinski definition) is 1. The Kier molecular flexibility index (Phi) is 5.48. The van der Waals surface area contributed by atoms with Gasteiger partial charge in [0.25, 0.3) is 5.56 Å². The Balaban J connectivity index is 1.55. The van der Waals surface area contributed by atoms with Gasteiger partial charge in [0.05, 0.1) is 36.9 Å². The number of aromatic nitrogens is 2. The Labute approximate surface area is 164 Å². The minimum absolute atomic E-state index is 0.0353. The van der Waals surface area contributed by atoms with Gasteiger partial charge in [0.15, 0.2) is 0 Å². The number of amides is 2. The van der Waals surface area contributed by atoms with Crippen LogP contribution in [-0.2, 0) is 27.3 Å². The molecule has 2 aliphatic heterocycles. The molecule has 1 unspecified atom stereocenters. The molecule has 1 aliphatic carbocycles. The van der Waals surface area contributed by atoms with Crippen LogP contribution < -0.4 is 5.56 Å². The number of carbonyl (C=O) groups is 2. The molecule has 3 heterocycles. The normalized spacial score (nSPS) is 22.1. The van der Waals surface area contributed by atoms with E-state index in [-0.39, 0.29) is 29.3 Å². The minimum atomic E-state index is -0.192.